The third-order valence-electron chi connectivity index (χ3n) is 4.29. The molecule has 1 fully saturated rings. The number of nitrogens with zero attached hydrogens (tertiary/aromatic N) is 3. The molecule has 5 nitrogen and oxygen atoms in total. The van der Waals surface area contributed by atoms with E-state index in [0.717, 1.165) is 30.1 Å². The van der Waals surface area contributed by atoms with Crippen molar-refractivity contribution in [1.82, 2.24) is 10.2 Å². The lowest BCUT2D eigenvalue weighted by Crippen LogP contribution is -2.23. The summed E-state index contributed by atoms with van der Waals surface area (Å²) >= 11 is 1.41. The molecule has 0 spiro atoms. The first-order valence-corrected chi connectivity index (χ1v) is 9.72. The number of anilines is 2. The number of benzene rings is 1. The number of amides is 1. The predicted molar refractivity (Wildman–Crippen MR) is 104 cm³/mol. The quantitative estimate of drug-likeness (QED) is 0.818. The Morgan fingerprint density at radius 2 is 1.88 bits per heavy atom. The molecule has 0 atom stereocenters. The molecule has 1 aliphatic heterocycles. The van der Waals surface area contributed by atoms with Gasteiger partial charge in [-0.3, -0.25) is 10.1 Å². The summed E-state index contributed by atoms with van der Waals surface area (Å²) < 4.78 is 0. The Bertz CT molecular complexity index is 715. The van der Waals surface area contributed by atoms with Crippen LogP contribution in [-0.2, 0) is 11.2 Å². The average Bonchev–Trinajstić information content (AvgIpc) is 2.91. The maximum Gasteiger partial charge on any atom is 0.250 e. The molecular formula is C19H24N4OS. The van der Waals surface area contributed by atoms with Crippen molar-refractivity contribution < 1.29 is 4.79 Å². The van der Waals surface area contributed by atoms with Crippen LogP contribution in [0.15, 0.2) is 30.3 Å². The predicted octanol–water partition coefficient (Wildman–Crippen LogP) is 4.13. The number of aromatic nitrogens is 2. The molecule has 0 saturated carbocycles. The van der Waals surface area contributed by atoms with Gasteiger partial charge in [0.15, 0.2) is 0 Å². The number of carbonyl (C=O) groups is 1. The molecule has 1 amide bonds. The molecule has 2 heterocycles. The van der Waals surface area contributed by atoms with Gasteiger partial charge in [-0.2, -0.15) is 0 Å². The summed E-state index contributed by atoms with van der Waals surface area (Å²) in [6, 6.07) is 8.40. The first kappa shape index (κ1) is 17.6. The third kappa shape index (κ3) is 5.13. The Morgan fingerprint density at radius 3 is 2.52 bits per heavy atom. The fourth-order valence-corrected chi connectivity index (χ4v) is 3.57. The Balaban J connectivity index is 1.56. The lowest BCUT2D eigenvalue weighted by molar-refractivity contribution is -0.111. The van der Waals surface area contributed by atoms with Gasteiger partial charge in [-0.15, -0.1) is 10.2 Å². The van der Waals surface area contributed by atoms with E-state index in [1.807, 2.05) is 13.0 Å². The molecule has 0 bridgehead atoms. The first-order valence-electron chi connectivity index (χ1n) is 8.91. The zero-order chi connectivity index (χ0) is 17.5. The van der Waals surface area contributed by atoms with Crippen LogP contribution in [0.25, 0.3) is 6.08 Å². The maximum absolute atomic E-state index is 12.0. The van der Waals surface area contributed by atoms with Gasteiger partial charge in [0, 0.05) is 24.9 Å². The number of aryl methyl sites for hydroxylation is 1. The van der Waals surface area contributed by atoms with Crippen molar-refractivity contribution in [3.8, 4) is 0 Å². The van der Waals surface area contributed by atoms with Crippen LogP contribution in [0, 0.1) is 0 Å². The Hall–Kier alpha value is -2.21. The number of rotatable bonds is 5. The van der Waals surface area contributed by atoms with Crippen molar-refractivity contribution in [2.45, 2.75) is 39.0 Å². The van der Waals surface area contributed by atoms with Crippen LogP contribution < -0.4 is 10.2 Å². The third-order valence-corrected chi connectivity index (χ3v) is 5.27. The first-order chi connectivity index (χ1) is 12.2. The average molecular weight is 356 g/mol. The van der Waals surface area contributed by atoms with Crippen molar-refractivity contribution >= 4 is 34.1 Å². The highest BCUT2D eigenvalue weighted by Gasteiger charge is 2.09. The maximum atomic E-state index is 12.0. The summed E-state index contributed by atoms with van der Waals surface area (Å²) in [5.74, 6) is -0.185. The van der Waals surface area contributed by atoms with E-state index in [4.69, 9.17) is 0 Å². The molecule has 25 heavy (non-hydrogen) atoms. The largest absolute Gasteiger partial charge is 0.372 e. The van der Waals surface area contributed by atoms with E-state index in [1.165, 1.54) is 48.8 Å². The van der Waals surface area contributed by atoms with Crippen LogP contribution in [0.1, 0.15) is 43.2 Å². The second kappa shape index (κ2) is 8.76. The van der Waals surface area contributed by atoms with Crippen molar-refractivity contribution in [2.24, 2.45) is 0 Å². The second-order valence-corrected chi connectivity index (χ2v) is 7.23. The molecule has 1 saturated heterocycles. The Morgan fingerprint density at radius 1 is 1.16 bits per heavy atom. The number of hydrogen-bond acceptors (Lipinski definition) is 5. The highest BCUT2D eigenvalue weighted by atomic mass is 32.1. The molecular weight excluding hydrogens is 332 g/mol. The van der Waals surface area contributed by atoms with Crippen molar-refractivity contribution in [1.29, 1.82) is 0 Å². The summed E-state index contributed by atoms with van der Waals surface area (Å²) in [6.45, 7) is 4.29. The molecule has 0 unspecified atom stereocenters. The molecule has 3 rings (SSSR count). The molecule has 1 aromatic carbocycles. The Labute approximate surface area is 152 Å². The monoisotopic (exact) mass is 356 g/mol. The summed E-state index contributed by atoms with van der Waals surface area (Å²) in [5, 5.41) is 12.2. The van der Waals surface area contributed by atoms with Crippen LogP contribution >= 0.6 is 11.3 Å². The standard InChI is InChI=1S/C19H24N4OS/c1-2-18-21-22-19(25-18)20-17(24)12-9-15-7-10-16(11-8-15)23-13-5-3-4-6-14-23/h7-12H,2-6,13-14H2,1H3,(H,20,22,24)/b12-9+. The topological polar surface area (TPSA) is 58.1 Å². The van der Waals surface area contributed by atoms with Crippen molar-refractivity contribution in [3.63, 3.8) is 0 Å². The fourth-order valence-electron chi connectivity index (χ4n) is 2.89. The highest BCUT2D eigenvalue weighted by molar-refractivity contribution is 7.15. The van der Waals surface area contributed by atoms with Crippen molar-refractivity contribution in [2.75, 3.05) is 23.3 Å². The molecule has 0 radical (unpaired) electrons. The number of carbonyl (C=O) groups excluding carboxylic acids is 1. The Kier molecular flexibility index (Phi) is 6.17. The molecule has 1 aliphatic rings. The van der Waals surface area contributed by atoms with Crippen LogP contribution in [0.3, 0.4) is 0 Å². The van der Waals surface area contributed by atoms with E-state index in [1.54, 1.807) is 0 Å². The lowest BCUT2D eigenvalue weighted by Gasteiger charge is -2.22. The van der Waals surface area contributed by atoms with Gasteiger partial charge in [0.25, 0.3) is 0 Å². The van der Waals surface area contributed by atoms with E-state index in [-0.39, 0.29) is 5.91 Å². The molecule has 6 heteroatoms. The molecule has 132 valence electrons. The highest BCUT2D eigenvalue weighted by Crippen LogP contribution is 2.20. The molecule has 2 aromatic rings. The summed E-state index contributed by atoms with van der Waals surface area (Å²) in [6.07, 6.45) is 9.39. The van der Waals surface area contributed by atoms with Gasteiger partial charge in [0.05, 0.1) is 0 Å². The van der Waals surface area contributed by atoms with E-state index < -0.39 is 0 Å². The summed E-state index contributed by atoms with van der Waals surface area (Å²) in [5.41, 5.74) is 2.28. The van der Waals surface area contributed by atoms with E-state index in [2.05, 4.69) is 44.7 Å². The van der Waals surface area contributed by atoms with Crippen molar-refractivity contribution in [3.05, 3.63) is 40.9 Å². The van der Waals surface area contributed by atoms with Gasteiger partial charge < -0.3 is 4.90 Å². The van der Waals surface area contributed by atoms with Gasteiger partial charge in [-0.25, -0.2) is 0 Å². The minimum atomic E-state index is -0.185. The van der Waals surface area contributed by atoms with Crippen LogP contribution in [0.2, 0.25) is 0 Å². The minimum absolute atomic E-state index is 0.185. The van der Waals surface area contributed by atoms with Gasteiger partial charge in [0.2, 0.25) is 11.0 Å². The number of hydrogen-bond donors (Lipinski definition) is 1. The number of nitrogens with one attached hydrogen (secondary N) is 1. The van der Waals surface area contributed by atoms with Gasteiger partial charge in [0.1, 0.15) is 5.01 Å². The van der Waals surface area contributed by atoms with Gasteiger partial charge in [-0.1, -0.05) is 43.2 Å². The van der Waals surface area contributed by atoms with E-state index >= 15 is 0 Å². The zero-order valence-corrected chi connectivity index (χ0v) is 15.4. The molecule has 0 aliphatic carbocycles. The van der Waals surface area contributed by atoms with Gasteiger partial charge in [-0.05, 0) is 43.0 Å². The van der Waals surface area contributed by atoms with E-state index in [9.17, 15) is 4.79 Å². The van der Waals surface area contributed by atoms with Crippen LogP contribution in [0.5, 0.6) is 0 Å². The lowest BCUT2D eigenvalue weighted by atomic mass is 10.1. The summed E-state index contributed by atoms with van der Waals surface area (Å²) in [7, 11) is 0. The fraction of sp³-hybridized carbons (Fsp3) is 0.421. The van der Waals surface area contributed by atoms with Gasteiger partial charge >= 0.3 is 0 Å². The van der Waals surface area contributed by atoms with E-state index in [0.29, 0.717) is 5.13 Å². The summed E-state index contributed by atoms with van der Waals surface area (Å²) in [4.78, 5) is 14.4. The SMILES string of the molecule is CCc1nnc(NC(=O)/C=C/c2ccc(N3CCCCCC3)cc2)s1. The molecule has 1 aromatic heterocycles. The smallest absolute Gasteiger partial charge is 0.250 e. The zero-order valence-electron chi connectivity index (χ0n) is 14.6. The normalized spacial score (nSPS) is 15.3. The van der Waals surface area contributed by atoms with Crippen LogP contribution in [0.4, 0.5) is 10.8 Å². The minimum Gasteiger partial charge on any atom is -0.372 e. The van der Waals surface area contributed by atoms with Crippen LogP contribution in [-0.4, -0.2) is 29.2 Å². The molecule has 1 N–H and O–H groups in total. The second-order valence-electron chi connectivity index (χ2n) is 6.17.